The van der Waals surface area contributed by atoms with Crippen LogP contribution in [0.1, 0.15) is 16.8 Å². The zero-order chi connectivity index (χ0) is 17.9. The van der Waals surface area contributed by atoms with E-state index < -0.39 is 15.9 Å². The molecule has 1 amide bonds. The molecule has 0 unspecified atom stereocenters. The fraction of sp³-hybridized carbons (Fsp3) is 0.188. The van der Waals surface area contributed by atoms with Gasteiger partial charge in [0.25, 0.3) is 15.9 Å². The molecule has 1 heterocycles. The lowest BCUT2D eigenvalue weighted by Crippen LogP contribution is -2.41. The van der Waals surface area contributed by atoms with E-state index in [1.54, 1.807) is 0 Å². The number of nitrogens with one attached hydrogen (secondary N) is 2. The average molecular weight is 364 g/mol. The zero-order valence-corrected chi connectivity index (χ0v) is 13.9. The van der Waals surface area contributed by atoms with E-state index in [0.29, 0.717) is 31.1 Å². The number of amides is 1. The number of fused-ring (bicyclic) bond motifs is 1. The van der Waals surface area contributed by atoms with Gasteiger partial charge in [-0.05, 0) is 30.3 Å². The smallest absolute Gasteiger partial charge is 0.266 e. The summed E-state index contributed by atoms with van der Waals surface area (Å²) < 4.78 is 35.6. The van der Waals surface area contributed by atoms with Crippen molar-refractivity contribution in [3.8, 4) is 17.2 Å². The van der Waals surface area contributed by atoms with Crippen LogP contribution in [0.3, 0.4) is 0 Å². The van der Waals surface area contributed by atoms with E-state index >= 15 is 0 Å². The van der Waals surface area contributed by atoms with Gasteiger partial charge >= 0.3 is 0 Å². The van der Waals surface area contributed by atoms with Gasteiger partial charge in [-0.25, -0.2) is 8.42 Å². The summed E-state index contributed by atoms with van der Waals surface area (Å²) >= 11 is 0. The molecule has 8 nitrogen and oxygen atoms in total. The Kier molecular flexibility index (Phi) is 4.77. The summed E-state index contributed by atoms with van der Waals surface area (Å²) in [5.41, 5.74) is 2.21. The molecule has 25 heavy (non-hydrogen) atoms. The Hall–Kier alpha value is -2.78. The van der Waals surface area contributed by atoms with E-state index in [9.17, 15) is 18.3 Å². The van der Waals surface area contributed by atoms with Crippen molar-refractivity contribution in [2.75, 3.05) is 13.2 Å². The van der Waals surface area contributed by atoms with E-state index in [4.69, 9.17) is 9.47 Å². The van der Waals surface area contributed by atoms with Crippen LogP contribution in [0.2, 0.25) is 0 Å². The fourth-order valence-electron chi connectivity index (χ4n) is 2.20. The number of hydrazine groups is 1. The molecule has 2 aromatic rings. The predicted octanol–water partition coefficient (Wildman–Crippen LogP) is 1.18. The number of sulfonamides is 1. The maximum Gasteiger partial charge on any atom is 0.266 e. The van der Waals surface area contributed by atoms with Gasteiger partial charge in [-0.2, -0.15) is 0 Å². The van der Waals surface area contributed by atoms with Crippen LogP contribution < -0.4 is 19.7 Å². The number of carbonyl (C=O) groups excluding carboxylic acids is 1. The number of phenols is 1. The van der Waals surface area contributed by atoms with Crippen LogP contribution in [0.25, 0.3) is 0 Å². The summed E-state index contributed by atoms with van der Waals surface area (Å²) in [7, 11) is -4.00. The van der Waals surface area contributed by atoms with Gasteiger partial charge in [-0.15, -0.1) is 4.83 Å². The Labute approximate surface area is 144 Å². The second-order valence-electron chi connectivity index (χ2n) is 5.27. The minimum absolute atomic E-state index is 0.0760. The van der Waals surface area contributed by atoms with Crippen LogP contribution in [0.4, 0.5) is 0 Å². The molecule has 3 N–H and O–H groups in total. The second-order valence-corrected chi connectivity index (χ2v) is 6.95. The molecule has 0 atom stereocenters. The molecule has 0 aromatic heterocycles. The lowest BCUT2D eigenvalue weighted by Gasteiger charge is -2.11. The summed E-state index contributed by atoms with van der Waals surface area (Å²) in [6.07, 6.45) is 0.703. The maximum atomic E-state index is 12.3. The van der Waals surface area contributed by atoms with Gasteiger partial charge in [0.1, 0.15) is 5.75 Å². The topological polar surface area (TPSA) is 114 Å². The molecule has 1 aliphatic rings. The van der Waals surface area contributed by atoms with E-state index in [1.807, 2.05) is 4.83 Å². The average Bonchev–Trinajstić information content (AvgIpc) is 2.84. The van der Waals surface area contributed by atoms with Gasteiger partial charge in [0.2, 0.25) is 0 Å². The van der Waals surface area contributed by atoms with Crippen LogP contribution in [0, 0.1) is 0 Å². The van der Waals surface area contributed by atoms with Crippen molar-refractivity contribution in [1.29, 1.82) is 0 Å². The summed E-state index contributed by atoms with van der Waals surface area (Å²) in [6, 6.07) is 9.74. The zero-order valence-electron chi connectivity index (χ0n) is 13.1. The van der Waals surface area contributed by atoms with Crippen LogP contribution in [-0.2, 0) is 10.0 Å². The highest BCUT2D eigenvalue weighted by molar-refractivity contribution is 7.89. The minimum Gasteiger partial charge on any atom is -0.508 e. The Morgan fingerprint density at radius 2 is 1.80 bits per heavy atom. The number of carbonyl (C=O) groups is 1. The minimum atomic E-state index is -4.00. The number of hydrogen-bond acceptors (Lipinski definition) is 6. The summed E-state index contributed by atoms with van der Waals surface area (Å²) in [4.78, 5) is 13.9. The maximum absolute atomic E-state index is 12.3. The number of aromatic hydroxyl groups is 1. The summed E-state index contributed by atoms with van der Waals surface area (Å²) in [6.45, 7) is 0.926. The van der Waals surface area contributed by atoms with Crippen molar-refractivity contribution in [2.24, 2.45) is 0 Å². The van der Waals surface area contributed by atoms with Crippen molar-refractivity contribution in [2.45, 2.75) is 11.3 Å². The first-order valence-corrected chi connectivity index (χ1v) is 8.95. The van der Waals surface area contributed by atoms with Crippen LogP contribution in [-0.4, -0.2) is 32.6 Å². The molecule has 0 aliphatic carbocycles. The number of ether oxygens (including phenoxy) is 2. The van der Waals surface area contributed by atoms with E-state index in [0.717, 1.165) is 0 Å². The SMILES string of the molecule is O=C(NNS(=O)(=O)c1ccc2c(c1)OCCCO2)c1cccc(O)c1. The monoisotopic (exact) mass is 364 g/mol. The van der Waals surface area contributed by atoms with Crippen LogP contribution in [0.15, 0.2) is 47.4 Å². The van der Waals surface area contributed by atoms with E-state index in [2.05, 4.69) is 5.43 Å². The highest BCUT2D eigenvalue weighted by Crippen LogP contribution is 2.31. The number of rotatable bonds is 4. The highest BCUT2D eigenvalue weighted by atomic mass is 32.2. The largest absolute Gasteiger partial charge is 0.508 e. The van der Waals surface area contributed by atoms with Crippen molar-refractivity contribution < 1.29 is 27.8 Å². The molecule has 0 spiro atoms. The Bertz CT molecular complexity index is 897. The number of hydrogen-bond donors (Lipinski definition) is 3. The Balaban J connectivity index is 1.73. The Morgan fingerprint density at radius 1 is 1.04 bits per heavy atom. The molecular weight excluding hydrogens is 348 g/mol. The van der Waals surface area contributed by atoms with Crippen molar-refractivity contribution >= 4 is 15.9 Å². The molecule has 2 aromatic carbocycles. The lowest BCUT2D eigenvalue weighted by molar-refractivity contribution is 0.0944. The van der Waals surface area contributed by atoms with Gasteiger partial charge in [0, 0.05) is 18.1 Å². The third-order valence-electron chi connectivity index (χ3n) is 3.44. The number of benzene rings is 2. The quantitative estimate of drug-likeness (QED) is 0.702. The van der Waals surface area contributed by atoms with Gasteiger partial charge in [0.05, 0.1) is 18.1 Å². The van der Waals surface area contributed by atoms with Crippen molar-refractivity contribution in [3.05, 3.63) is 48.0 Å². The molecule has 3 rings (SSSR count). The van der Waals surface area contributed by atoms with Crippen LogP contribution >= 0.6 is 0 Å². The van der Waals surface area contributed by atoms with Gasteiger partial charge in [-0.3, -0.25) is 10.2 Å². The molecule has 0 fully saturated rings. The first-order chi connectivity index (χ1) is 12.0. The predicted molar refractivity (Wildman–Crippen MR) is 87.9 cm³/mol. The highest BCUT2D eigenvalue weighted by Gasteiger charge is 2.19. The molecule has 9 heteroatoms. The summed E-state index contributed by atoms with van der Waals surface area (Å²) in [5, 5.41) is 9.36. The molecule has 1 aliphatic heterocycles. The molecule has 0 bridgehead atoms. The number of phenolic OH excluding ortho intramolecular Hbond substituents is 1. The van der Waals surface area contributed by atoms with Crippen molar-refractivity contribution in [3.63, 3.8) is 0 Å². The molecule has 0 saturated carbocycles. The standard InChI is InChI=1S/C16H16N2O6S/c19-12-4-1-3-11(9-12)16(20)17-18-25(21,22)13-5-6-14-15(10-13)24-8-2-7-23-14/h1,3-6,9-10,18-19H,2,7-8H2,(H,17,20). The van der Waals surface area contributed by atoms with E-state index in [-0.39, 0.29) is 16.2 Å². The lowest BCUT2D eigenvalue weighted by atomic mass is 10.2. The molecule has 132 valence electrons. The molecular formula is C16H16N2O6S. The van der Waals surface area contributed by atoms with E-state index in [1.165, 1.54) is 42.5 Å². The third-order valence-corrected chi connectivity index (χ3v) is 4.68. The van der Waals surface area contributed by atoms with Gasteiger partial charge in [-0.1, -0.05) is 6.07 Å². The first-order valence-electron chi connectivity index (χ1n) is 7.46. The van der Waals surface area contributed by atoms with Crippen LogP contribution in [0.5, 0.6) is 17.2 Å². The van der Waals surface area contributed by atoms with Gasteiger partial charge in [0.15, 0.2) is 11.5 Å². The summed E-state index contributed by atoms with van der Waals surface area (Å²) in [5.74, 6) is 0.00663. The van der Waals surface area contributed by atoms with Crippen molar-refractivity contribution in [1.82, 2.24) is 10.3 Å². The normalized spacial score (nSPS) is 13.8. The fourth-order valence-corrected chi connectivity index (χ4v) is 3.06. The second kappa shape index (κ2) is 6.99. The Morgan fingerprint density at radius 3 is 2.56 bits per heavy atom. The third kappa shape index (κ3) is 4.01. The molecule has 0 saturated heterocycles. The molecule has 0 radical (unpaired) electrons. The first kappa shape index (κ1) is 17.1. The van der Waals surface area contributed by atoms with Gasteiger partial charge < -0.3 is 14.6 Å².